The lowest BCUT2D eigenvalue weighted by molar-refractivity contribution is -0.135. The van der Waals surface area contributed by atoms with E-state index >= 15 is 0 Å². The Hall–Kier alpha value is -1.81. The highest BCUT2D eigenvalue weighted by molar-refractivity contribution is 6.30. The molecule has 0 atom stereocenters. The monoisotopic (exact) mass is 290 g/mol. The first-order valence-corrected chi connectivity index (χ1v) is 6.94. The molecule has 0 radical (unpaired) electrons. The molecule has 1 saturated heterocycles. The van der Waals surface area contributed by atoms with E-state index in [1.807, 2.05) is 29.2 Å². The number of ether oxygens (including phenoxy) is 1. The molecule has 104 valence electrons. The van der Waals surface area contributed by atoms with Gasteiger partial charge in [0.15, 0.2) is 0 Å². The SMILES string of the molecule is CC(=O)N1CC(COc2cccc3cc(Cl)ncc23)C1. The number of carbonyl (C=O) groups excluding carboxylic acids is 1. The van der Waals surface area contributed by atoms with Crippen LogP contribution in [0, 0.1) is 5.92 Å². The molecule has 1 aromatic heterocycles. The molecule has 0 spiro atoms. The molecule has 0 aliphatic carbocycles. The van der Waals surface area contributed by atoms with Crippen LogP contribution < -0.4 is 4.74 Å². The molecule has 1 aliphatic rings. The minimum absolute atomic E-state index is 0.130. The lowest BCUT2D eigenvalue weighted by Gasteiger charge is -2.38. The van der Waals surface area contributed by atoms with E-state index in [-0.39, 0.29) is 5.91 Å². The van der Waals surface area contributed by atoms with E-state index < -0.39 is 0 Å². The number of halogens is 1. The second kappa shape index (κ2) is 5.29. The molecule has 2 aromatic rings. The molecule has 1 aliphatic heterocycles. The van der Waals surface area contributed by atoms with Crippen molar-refractivity contribution in [3.63, 3.8) is 0 Å². The normalized spacial score (nSPS) is 15.2. The van der Waals surface area contributed by atoms with E-state index in [9.17, 15) is 4.79 Å². The second-order valence-corrected chi connectivity index (χ2v) is 5.47. The predicted molar refractivity (Wildman–Crippen MR) is 78.0 cm³/mol. The molecular weight excluding hydrogens is 276 g/mol. The minimum Gasteiger partial charge on any atom is -0.492 e. The molecule has 20 heavy (non-hydrogen) atoms. The standard InChI is InChI=1S/C15H15ClN2O2/c1-10(19)18-7-11(8-18)9-20-14-4-2-3-12-5-15(16)17-6-13(12)14/h2-6,11H,7-9H2,1H3. The van der Waals surface area contributed by atoms with Crippen molar-refractivity contribution in [2.45, 2.75) is 6.92 Å². The van der Waals surface area contributed by atoms with Crippen LogP contribution in [-0.4, -0.2) is 35.5 Å². The van der Waals surface area contributed by atoms with Crippen molar-refractivity contribution < 1.29 is 9.53 Å². The Balaban J connectivity index is 1.68. The maximum Gasteiger partial charge on any atom is 0.219 e. The minimum atomic E-state index is 0.130. The number of benzene rings is 1. The van der Waals surface area contributed by atoms with Gasteiger partial charge in [-0.15, -0.1) is 0 Å². The molecule has 0 saturated carbocycles. The van der Waals surface area contributed by atoms with Crippen molar-refractivity contribution >= 4 is 28.3 Å². The molecule has 2 heterocycles. The third-order valence-corrected chi connectivity index (χ3v) is 3.78. The first-order chi connectivity index (χ1) is 9.63. The molecular formula is C15H15ClN2O2. The van der Waals surface area contributed by atoms with Gasteiger partial charge in [0.1, 0.15) is 10.9 Å². The molecule has 1 aromatic carbocycles. The van der Waals surface area contributed by atoms with Crippen LogP contribution in [0.2, 0.25) is 5.15 Å². The molecule has 0 unspecified atom stereocenters. The molecule has 4 nitrogen and oxygen atoms in total. The topological polar surface area (TPSA) is 42.4 Å². The van der Waals surface area contributed by atoms with Gasteiger partial charge in [0.25, 0.3) is 0 Å². The Labute approximate surface area is 122 Å². The third kappa shape index (κ3) is 2.56. The van der Waals surface area contributed by atoms with Crippen LogP contribution in [0.25, 0.3) is 10.8 Å². The van der Waals surface area contributed by atoms with Gasteiger partial charge in [-0.05, 0) is 17.5 Å². The molecule has 3 rings (SSSR count). The fraction of sp³-hybridized carbons (Fsp3) is 0.333. The van der Waals surface area contributed by atoms with Gasteiger partial charge in [-0.25, -0.2) is 4.98 Å². The van der Waals surface area contributed by atoms with Crippen LogP contribution >= 0.6 is 11.6 Å². The number of amides is 1. The lowest BCUT2D eigenvalue weighted by Crippen LogP contribution is -2.51. The Bertz CT molecular complexity index is 653. The smallest absolute Gasteiger partial charge is 0.219 e. The zero-order chi connectivity index (χ0) is 14.1. The number of fused-ring (bicyclic) bond motifs is 1. The van der Waals surface area contributed by atoms with Crippen LogP contribution in [0.3, 0.4) is 0 Å². The Morgan fingerprint density at radius 3 is 3.05 bits per heavy atom. The van der Waals surface area contributed by atoms with E-state index in [0.717, 1.165) is 29.6 Å². The van der Waals surface area contributed by atoms with Gasteiger partial charge in [0.2, 0.25) is 5.91 Å². The largest absolute Gasteiger partial charge is 0.492 e. The van der Waals surface area contributed by atoms with E-state index in [1.54, 1.807) is 13.1 Å². The Morgan fingerprint density at radius 2 is 2.30 bits per heavy atom. The average molecular weight is 291 g/mol. The maximum absolute atomic E-state index is 11.1. The quantitative estimate of drug-likeness (QED) is 0.816. The van der Waals surface area contributed by atoms with Crippen molar-refractivity contribution in [1.29, 1.82) is 0 Å². The van der Waals surface area contributed by atoms with Crippen LogP contribution in [0.4, 0.5) is 0 Å². The van der Waals surface area contributed by atoms with Gasteiger partial charge < -0.3 is 9.64 Å². The summed E-state index contributed by atoms with van der Waals surface area (Å²) < 4.78 is 5.87. The van der Waals surface area contributed by atoms with Gasteiger partial charge in [-0.3, -0.25) is 4.79 Å². The average Bonchev–Trinajstić information content (AvgIpc) is 2.36. The molecule has 0 bridgehead atoms. The maximum atomic E-state index is 11.1. The van der Waals surface area contributed by atoms with Crippen LogP contribution in [0.1, 0.15) is 6.92 Å². The number of nitrogens with zero attached hydrogens (tertiary/aromatic N) is 2. The molecule has 5 heteroatoms. The highest BCUT2D eigenvalue weighted by atomic mass is 35.5. The van der Waals surface area contributed by atoms with Crippen molar-refractivity contribution in [3.05, 3.63) is 35.6 Å². The van der Waals surface area contributed by atoms with Crippen LogP contribution in [0.5, 0.6) is 5.75 Å². The Kier molecular flexibility index (Phi) is 3.49. The van der Waals surface area contributed by atoms with Crippen molar-refractivity contribution in [2.75, 3.05) is 19.7 Å². The summed E-state index contributed by atoms with van der Waals surface area (Å²) >= 11 is 5.89. The summed E-state index contributed by atoms with van der Waals surface area (Å²) in [6.07, 6.45) is 1.73. The summed E-state index contributed by atoms with van der Waals surface area (Å²) in [5.41, 5.74) is 0. The van der Waals surface area contributed by atoms with Gasteiger partial charge in [0.05, 0.1) is 6.61 Å². The summed E-state index contributed by atoms with van der Waals surface area (Å²) in [5, 5.41) is 2.45. The zero-order valence-electron chi connectivity index (χ0n) is 11.2. The number of aromatic nitrogens is 1. The number of hydrogen-bond acceptors (Lipinski definition) is 3. The lowest BCUT2D eigenvalue weighted by atomic mass is 10.0. The van der Waals surface area contributed by atoms with Crippen LogP contribution in [-0.2, 0) is 4.79 Å². The molecule has 0 N–H and O–H groups in total. The van der Waals surface area contributed by atoms with Crippen molar-refractivity contribution in [1.82, 2.24) is 9.88 Å². The highest BCUT2D eigenvalue weighted by Crippen LogP contribution is 2.27. The summed E-state index contributed by atoms with van der Waals surface area (Å²) in [4.78, 5) is 17.0. The summed E-state index contributed by atoms with van der Waals surface area (Å²) in [6, 6.07) is 7.68. The third-order valence-electron chi connectivity index (χ3n) is 3.57. The number of likely N-dealkylation sites (tertiary alicyclic amines) is 1. The van der Waals surface area contributed by atoms with Gasteiger partial charge in [-0.1, -0.05) is 23.7 Å². The van der Waals surface area contributed by atoms with Gasteiger partial charge >= 0.3 is 0 Å². The zero-order valence-corrected chi connectivity index (χ0v) is 11.9. The fourth-order valence-electron chi connectivity index (χ4n) is 2.38. The highest BCUT2D eigenvalue weighted by Gasteiger charge is 2.28. The van der Waals surface area contributed by atoms with Gasteiger partial charge in [-0.2, -0.15) is 0 Å². The van der Waals surface area contributed by atoms with Crippen molar-refractivity contribution in [3.8, 4) is 5.75 Å². The van der Waals surface area contributed by atoms with Gasteiger partial charge in [0, 0.05) is 37.5 Å². The number of carbonyl (C=O) groups is 1. The van der Waals surface area contributed by atoms with Crippen molar-refractivity contribution in [2.24, 2.45) is 5.92 Å². The second-order valence-electron chi connectivity index (χ2n) is 5.09. The number of pyridine rings is 1. The van der Waals surface area contributed by atoms with E-state index in [4.69, 9.17) is 16.3 Å². The predicted octanol–water partition coefficient (Wildman–Crippen LogP) is 2.75. The summed E-state index contributed by atoms with van der Waals surface area (Å²) in [5.74, 6) is 1.35. The summed E-state index contributed by atoms with van der Waals surface area (Å²) in [6.45, 7) is 3.77. The first-order valence-electron chi connectivity index (χ1n) is 6.56. The van der Waals surface area contributed by atoms with E-state index in [2.05, 4.69) is 4.98 Å². The number of hydrogen-bond donors (Lipinski definition) is 0. The Morgan fingerprint density at radius 1 is 1.50 bits per heavy atom. The van der Waals surface area contributed by atoms with E-state index in [1.165, 1.54) is 0 Å². The first kappa shape index (κ1) is 13.2. The fourth-order valence-corrected chi connectivity index (χ4v) is 2.55. The van der Waals surface area contributed by atoms with Crippen LogP contribution in [0.15, 0.2) is 30.5 Å². The molecule has 1 fully saturated rings. The molecule has 1 amide bonds. The number of rotatable bonds is 3. The van der Waals surface area contributed by atoms with E-state index in [0.29, 0.717) is 17.7 Å². The summed E-state index contributed by atoms with van der Waals surface area (Å²) in [7, 11) is 0.